The van der Waals surface area contributed by atoms with Gasteiger partial charge in [-0.2, -0.15) is 0 Å². The molecule has 0 aromatic rings. The zero-order valence-corrected chi connectivity index (χ0v) is 16.0. The number of hydrogen-bond acceptors (Lipinski definition) is 7. The van der Waals surface area contributed by atoms with Crippen molar-refractivity contribution in [3.8, 4) is 0 Å². The van der Waals surface area contributed by atoms with Gasteiger partial charge in [0.1, 0.15) is 5.78 Å². The molecule has 7 heteroatoms. The first kappa shape index (κ1) is 18.8. The van der Waals surface area contributed by atoms with Gasteiger partial charge in [-0.3, -0.25) is 4.79 Å². The average molecular weight is 367 g/mol. The lowest BCUT2D eigenvalue weighted by atomic mass is 9.82. The van der Waals surface area contributed by atoms with E-state index in [1.807, 2.05) is 0 Å². The summed E-state index contributed by atoms with van der Waals surface area (Å²) in [6.07, 6.45) is 4.11. The van der Waals surface area contributed by atoms with E-state index in [2.05, 4.69) is 20.0 Å². The Kier molecular flexibility index (Phi) is 6.56. The van der Waals surface area contributed by atoms with Gasteiger partial charge in [0, 0.05) is 64.2 Å². The Morgan fingerprint density at radius 2 is 0.846 bits per heavy atom. The fourth-order valence-electron chi connectivity index (χ4n) is 4.87. The lowest BCUT2D eigenvalue weighted by Gasteiger charge is -2.43. The first-order valence-corrected chi connectivity index (χ1v) is 10.5. The molecule has 0 bridgehead atoms. The largest absolute Gasteiger partial charge is 0.379 e. The standard InChI is InChI=1S/C19H34N4O3/c24-19(17-1-5-20(6-2-17)22-9-13-25-14-10-22)18-3-7-21(8-4-18)23-11-15-26-16-12-23/h17-18H,1-16H2. The number of ketones is 1. The Morgan fingerprint density at radius 1 is 0.538 bits per heavy atom. The molecular formula is C19H34N4O3. The summed E-state index contributed by atoms with van der Waals surface area (Å²) in [7, 11) is 0. The second-order valence-corrected chi connectivity index (χ2v) is 7.99. The summed E-state index contributed by atoms with van der Waals surface area (Å²) < 4.78 is 10.9. The number of rotatable bonds is 4. The van der Waals surface area contributed by atoms with Crippen LogP contribution >= 0.6 is 0 Å². The summed E-state index contributed by atoms with van der Waals surface area (Å²) in [5.41, 5.74) is 0. The van der Waals surface area contributed by atoms with E-state index in [4.69, 9.17) is 9.47 Å². The third-order valence-electron chi connectivity index (χ3n) is 6.52. The molecule has 0 N–H and O–H groups in total. The van der Waals surface area contributed by atoms with Gasteiger partial charge in [0.2, 0.25) is 0 Å². The first-order valence-electron chi connectivity index (χ1n) is 10.5. The molecule has 4 aliphatic heterocycles. The second kappa shape index (κ2) is 9.08. The third kappa shape index (κ3) is 4.46. The second-order valence-electron chi connectivity index (χ2n) is 7.99. The van der Waals surface area contributed by atoms with Crippen LogP contribution in [-0.2, 0) is 14.3 Å². The number of carbonyl (C=O) groups excluding carboxylic acids is 1. The van der Waals surface area contributed by atoms with Gasteiger partial charge >= 0.3 is 0 Å². The highest BCUT2D eigenvalue weighted by Crippen LogP contribution is 2.28. The van der Waals surface area contributed by atoms with Crippen LogP contribution in [0.4, 0.5) is 0 Å². The van der Waals surface area contributed by atoms with E-state index in [0.29, 0.717) is 5.78 Å². The summed E-state index contributed by atoms with van der Waals surface area (Å²) in [4.78, 5) is 13.0. The summed E-state index contributed by atoms with van der Waals surface area (Å²) in [6.45, 7) is 11.5. The summed E-state index contributed by atoms with van der Waals surface area (Å²) >= 11 is 0. The number of nitrogens with zero attached hydrogens (tertiary/aromatic N) is 4. The molecule has 148 valence electrons. The van der Waals surface area contributed by atoms with Crippen molar-refractivity contribution >= 4 is 5.78 Å². The molecule has 26 heavy (non-hydrogen) atoms. The Hall–Kier alpha value is -0.570. The van der Waals surface area contributed by atoms with Crippen LogP contribution in [0.5, 0.6) is 0 Å². The van der Waals surface area contributed by atoms with Crippen molar-refractivity contribution in [3.63, 3.8) is 0 Å². The molecule has 0 aliphatic carbocycles. The monoisotopic (exact) mass is 366 g/mol. The van der Waals surface area contributed by atoms with E-state index < -0.39 is 0 Å². The van der Waals surface area contributed by atoms with Crippen LogP contribution in [0, 0.1) is 11.8 Å². The molecule has 0 radical (unpaired) electrons. The Morgan fingerprint density at radius 3 is 1.19 bits per heavy atom. The van der Waals surface area contributed by atoms with Crippen LogP contribution in [0.1, 0.15) is 25.7 Å². The molecule has 0 aromatic heterocycles. The Labute approximate surface area is 157 Å². The highest BCUT2D eigenvalue weighted by atomic mass is 16.5. The number of hydrogen-bond donors (Lipinski definition) is 0. The van der Waals surface area contributed by atoms with Crippen LogP contribution in [0.2, 0.25) is 0 Å². The zero-order valence-electron chi connectivity index (χ0n) is 16.0. The van der Waals surface area contributed by atoms with Crippen LogP contribution in [0.3, 0.4) is 0 Å². The van der Waals surface area contributed by atoms with Crippen molar-refractivity contribution in [1.29, 1.82) is 0 Å². The number of Topliss-reactive ketones (excluding diaryl/α,β-unsaturated/α-hetero) is 1. The maximum atomic E-state index is 13.0. The highest BCUT2D eigenvalue weighted by Gasteiger charge is 2.34. The topological polar surface area (TPSA) is 48.5 Å². The average Bonchev–Trinajstić information content (AvgIpc) is 2.75. The van der Waals surface area contributed by atoms with E-state index in [9.17, 15) is 4.79 Å². The number of piperidine rings is 2. The van der Waals surface area contributed by atoms with E-state index in [0.717, 1.165) is 104 Å². The van der Waals surface area contributed by atoms with Gasteiger partial charge in [0.15, 0.2) is 0 Å². The van der Waals surface area contributed by atoms with Gasteiger partial charge in [0.05, 0.1) is 26.4 Å². The van der Waals surface area contributed by atoms with Crippen LogP contribution < -0.4 is 0 Å². The van der Waals surface area contributed by atoms with Crippen molar-refractivity contribution in [3.05, 3.63) is 0 Å². The first-order chi connectivity index (χ1) is 12.8. The normalized spacial score (nSPS) is 29.8. The molecule has 4 heterocycles. The molecule has 4 rings (SSSR count). The van der Waals surface area contributed by atoms with Crippen molar-refractivity contribution < 1.29 is 14.3 Å². The smallest absolute Gasteiger partial charge is 0.139 e. The molecule has 0 unspecified atom stereocenters. The minimum Gasteiger partial charge on any atom is -0.379 e. The quantitative estimate of drug-likeness (QED) is 0.717. The minimum absolute atomic E-state index is 0.284. The summed E-state index contributed by atoms with van der Waals surface area (Å²) in [5.74, 6) is 1.12. The molecule has 7 nitrogen and oxygen atoms in total. The van der Waals surface area contributed by atoms with Crippen molar-refractivity contribution in [2.75, 3.05) is 78.8 Å². The molecule has 4 fully saturated rings. The summed E-state index contributed by atoms with van der Waals surface area (Å²) in [6, 6.07) is 0. The molecule has 4 aliphatic rings. The molecule has 0 spiro atoms. The maximum Gasteiger partial charge on any atom is 0.139 e. The van der Waals surface area contributed by atoms with Gasteiger partial charge in [-0.05, 0) is 25.7 Å². The molecule has 0 aromatic carbocycles. The van der Waals surface area contributed by atoms with Gasteiger partial charge in [-0.25, -0.2) is 20.0 Å². The Bertz CT molecular complexity index is 410. The summed E-state index contributed by atoms with van der Waals surface area (Å²) in [5, 5.41) is 9.75. The van der Waals surface area contributed by atoms with Crippen molar-refractivity contribution in [1.82, 2.24) is 20.0 Å². The fraction of sp³-hybridized carbons (Fsp3) is 0.947. The SMILES string of the molecule is O=C(C1CCN(N2CCOCC2)CC1)C1CCN(N2CCOCC2)CC1. The van der Waals surface area contributed by atoms with E-state index in [1.165, 1.54) is 0 Å². The predicted molar refractivity (Wildman–Crippen MR) is 98.4 cm³/mol. The molecule has 0 saturated carbocycles. The van der Waals surface area contributed by atoms with Crippen molar-refractivity contribution in [2.45, 2.75) is 25.7 Å². The predicted octanol–water partition coefficient (Wildman–Crippen LogP) is 0.474. The zero-order chi connectivity index (χ0) is 17.8. The van der Waals surface area contributed by atoms with Crippen LogP contribution in [0.15, 0.2) is 0 Å². The molecule has 0 atom stereocenters. The number of carbonyl (C=O) groups is 1. The Balaban J connectivity index is 1.20. The third-order valence-corrected chi connectivity index (χ3v) is 6.52. The van der Waals surface area contributed by atoms with Gasteiger partial charge in [-0.15, -0.1) is 0 Å². The molecule has 0 amide bonds. The van der Waals surface area contributed by atoms with Crippen LogP contribution in [0.25, 0.3) is 0 Å². The van der Waals surface area contributed by atoms with Gasteiger partial charge in [-0.1, -0.05) is 0 Å². The van der Waals surface area contributed by atoms with Gasteiger partial charge < -0.3 is 9.47 Å². The van der Waals surface area contributed by atoms with Gasteiger partial charge in [0.25, 0.3) is 0 Å². The van der Waals surface area contributed by atoms with E-state index in [-0.39, 0.29) is 11.8 Å². The molecule has 4 saturated heterocycles. The van der Waals surface area contributed by atoms with E-state index in [1.54, 1.807) is 0 Å². The van der Waals surface area contributed by atoms with Crippen LogP contribution in [-0.4, -0.2) is 105 Å². The van der Waals surface area contributed by atoms with E-state index >= 15 is 0 Å². The number of morpholine rings is 2. The maximum absolute atomic E-state index is 13.0. The number of ether oxygens (including phenoxy) is 2. The lowest BCUT2D eigenvalue weighted by molar-refractivity contribution is -0.140. The highest BCUT2D eigenvalue weighted by molar-refractivity contribution is 5.83. The van der Waals surface area contributed by atoms with Crippen molar-refractivity contribution in [2.24, 2.45) is 11.8 Å². The fourth-order valence-corrected chi connectivity index (χ4v) is 4.87. The lowest BCUT2D eigenvalue weighted by Crippen LogP contribution is -2.53. The number of hydrazine groups is 2. The molecular weight excluding hydrogens is 332 g/mol. The minimum atomic E-state index is 0.284.